The molecule has 0 bridgehead atoms. The van der Waals surface area contributed by atoms with E-state index >= 15 is 4.39 Å². The minimum absolute atomic E-state index is 0.0295. The smallest absolute Gasteiger partial charge is 0.309 e. The molecule has 0 amide bonds. The van der Waals surface area contributed by atoms with Crippen molar-refractivity contribution < 1.29 is 18.7 Å². The molecule has 2 atom stereocenters. The molecule has 3 aliphatic carbocycles. The molecule has 0 saturated heterocycles. The van der Waals surface area contributed by atoms with Crippen molar-refractivity contribution in [2.24, 2.45) is 11.3 Å². The second-order valence-electron chi connectivity index (χ2n) is 12.3. The van der Waals surface area contributed by atoms with E-state index in [1.807, 2.05) is 31.2 Å². The minimum atomic E-state index is -0.199. The third-order valence-corrected chi connectivity index (χ3v) is 9.53. The first kappa shape index (κ1) is 25.9. The van der Waals surface area contributed by atoms with Crippen LogP contribution in [0.25, 0.3) is 16.7 Å². The van der Waals surface area contributed by atoms with Crippen molar-refractivity contribution in [3.8, 4) is 16.9 Å². The first-order valence-electron chi connectivity index (χ1n) is 14.2. The summed E-state index contributed by atoms with van der Waals surface area (Å²) in [4.78, 5) is 12.4. The lowest BCUT2D eigenvalue weighted by Crippen LogP contribution is -2.47. The number of fused-ring (bicyclic) bond motifs is 2. The maximum atomic E-state index is 15.0. The fraction of sp³-hybridized carbons (Fsp3) is 0.400. The number of hydrogen-bond acceptors (Lipinski definition) is 3. The fourth-order valence-electron chi connectivity index (χ4n) is 7.18. The topological polar surface area (TPSA) is 35.5 Å². The summed E-state index contributed by atoms with van der Waals surface area (Å²) in [6.45, 7) is 6.96. The van der Waals surface area contributed by atoms with E-state index in [-0.39, 0.29) is 28.5 Å². The van der Waals surface area contributed by atoms with Gasteiger partial charge in [0.2, 0.25) is 0 Å². The SMILES string of the molecule is COC(=O)C1CCC12CCc1ccc(OCc3ccc(-c4cc(C)ccc4F)c(C4=CCCC4(C)C)c3)cc12. The van der Waals surface area contributed by atoms with Gasteiger partial charge in [-0.3, -0.25) is 4.79 Å². The summed E-state index contributed by atoms with van der Waals surface area (Å²) in [6.07, 6.45) is 8.33. The fourth-order valence-corrected chi connectivity index (χ4v) is 7.18. The Bertz CT molecular complexity index is 1480. The number of carbonyl (C=O) groups is 1. The normalized spacial score (nSPS) is 22.8. The van der Waals surface area contributed by atoms with Gasteiger partial charge in [0.15, 0.2) is 0 Å². The highest BCUT2D eigenvalue weighted by Crippen LogP contribution is 2.57. The largest absolute Gasteiger partial charge is 0.489 e. The molecule has 1 spiro atoms. The average molecular weight is 525 g/mol. The standard InChI is InChI=1S/C35H37FO3/c1-22-7-12-32(36)28(18-22)26-11-8-23(19-27(26)29-6-5-15-34(29,2)3)21-39-25-10-9-24-13-16-35(31(24)20-25)17-14-30(35)33(37)38-4/h6-12,18-20,30H,5,13-17,21H2,1-4H3. The summed E-state index contributed by atoms with van der Waals surface area (Å²) < 4.78 is 26.5. The third-order valence-electron chi connectivity index (χ3n) is 9.53. The second-order valence-corrected chi connectivity index (χ2v) is 12.3. The molecule has 2 unspecified atom stereocenters. The van der Waals surface area contributed by atoms with Crippen LogP contribution in [-0.4, -0.2) is 13.1 Å². The molecule has 1 saturated carbocycles. The van der Waals surface area contributed by atoms with Crippen LogP contribution < -0.4 is 4.74 Å². The van der Waals surface area contributed by atoms with Crippen LogP contribution in [-0.2, 0) is 28.0 Å². The van der Waals surface area contributed by atoms with Gasteiger partial charge in [-0.2, -0.15) is 0 Å². The number of aryl methyl sites for hydroxylation is 2. The maximum Gasteiger partial charge on any atom is 0.309 e. The van der Waals surface area contributed by atoms with Gasteiger partial charge < -0.3 is 9.47 Å². The Morgan fingerprint density at radius 2 is 1.82 bits per heavy atom. The van der Waals surface area contributed by atoms with Crippen LogP contribution in [0, 0.1) is 24.1 Å². The highest BCUT2D eigenvalue weighted by molar-refractivity contribution is 5.85. The van der Waals surface area contributed by atoms with Gasteiger partial charge in [-0.25, -0.2) is 4.39 Å². The van der Waals surface area contributed by atoms with Crippen molar-refractivity contribution in [3.05, 3.63) is 94.3 Å². The Labute approximate surface area is 231 Å². The van der Waals surface area contributed by atoms with Crippen LogP contribution in [0.15, 0.2) is 60.7 Å². The molecular formula is C35H37FO3. The number of esters is 1. The van der Waals surface area contributed by atoms with E-state index < -0.39 is 0 Å². The molecule has 0 aromatic heterocycles. The molecule has 4 heteroatoms. The summed E-state index contributed by atoms with van der Waals surface area (Å²) >= 11 is 0. The van der Waals surface area contributed by atoms with E-state index in [9.17, 15) is 4.79 Å². The Balaban J connectivity index is 1.30. The highest BCUT2D eigenvalue weighted by atomic mass is 19.1. The number of ether oxygens (including phenoxy) is 2. The lowest BCUT2D eigenvalue weighted by atomic mass is 9.57. The van der Waals surface area contributed by atoms with Crippen LogP contribution in [0.5, 0.6) is 5.75 Å². The predicted octanol–water partition coefficient (Wildman–Crippen LogP) is 8.35. The zero-order valence-corrected chi connectivity index (χ0v) is 23.4. The molecular weight excluding hydrogens is 487 g/mol. The molecule has 3 aliphatic rings. The first-order chi connectivity index (χ1) is 18.7. The summed E-state index contributed by atoms with van der Waals surface area (Å²) in [5.74, 6) is 0.471. The number of allylic oxidation sites excluding steroid dienone is 2. The van der Waals surface area contributed by atoms with E-state index in [4.69, 9.17) is 9.47 Å². The third kappa shape index (κ3) is 4.38. The Hall–Kier alpha value is -3.40. The molecule has 0 radical (unpaired) electrons. The quantitative estimate of drug-likeness (QED) is 0.304. The van der Waals surface area contributed by atoms with E-state index in [0.717, 1.165) is 66.5 Å². The Morgan fingerprint density at radius 1 is 0.974 bits per heavy atom. The van der Waals surface area contributed by atoms with Crippen LogP contribution in [0.1, 0.15) is 73.8 Å². The summed E-state index contributed by atoms with van der Waals surface area (Å²) in [6, 6.07) is 18.0. The van der Waals surface area contributed by atoms with Crippen molar-refractivity contribution in [2.45, 2.75) is 71.3 Å². The lowest BCUT2D eigenvalue weighted by Gasteiger charge is -2.46. The number of rotatable bonds is 6. The predicted molar refractivity (Wildman–Crippen MR) is 153 cm³/mol. The van der Waals surface area contributed by atoms with Crippen LogP contribution in [0.4, 0.5) is 4.39 Å². The molecule has 1 fully saturated rings. The lowest BCUT2D eigenvalue weighted by molar-refractivity contribution is -0.153. The van der Waals surface area contributed by atoms with E-state index in [2.05, 4.69) is 44.2 Å². The van der Waals surface area contributed by atoms with Crippen molar-refractivity contribution in [3.63, 3.8) is 0 Å². The van der Waals surface area contributed by atoms with Crippen molar-refractivity contribution in [1.82, 2.24) is 0 Å². The van der Waals surface area contributed by atoms with Crippen LogP contribution >= 0.6 is 0 Å². The number of hydrogen-bond donors (Lipinski definition) is 0. The van der Waals surface area contributed by atoms with Crippen molar-refractivity contribution in [1.29, 1.82) is 0 Å². The molecule has 202 valence electrons. The maximum absolute atomic E-state index is 15.0. The van der Waals surface area contributed by atoms with Crippen molar-refractivity contribution in [2.75, 3.05) is 7.11 Å². The van der Waals surface area contributed by atoms with Gasteiger partial charge in [-0.15, -0.1) is 0 Å². The molecule has 39 heavy (non-hydrogen) atoms. The van der Waals surface area contributed by atoms with Crippen LogP contribution in [0.2, 0.25) is 0 Å². The highest BCUT2D eigenvalue weighted by Gasteiger charge is 2.55. The zero-order chi connectivity index (χ0) is 27.4. The van der Waals surface area contributed by atoms with Gasteiger partial charge in [0.25, 0.3) is 0 Å². The van der Waals surface area contributed by atoms with Crippen molar-refractivity contribution >= 4 is 11.5 Å². The molecule has 3 aromatic rings. The Morgan fingerprint density at radius 3 is 2.54 bits per heavy atom. The van der Waals surface area contributed by atoms with Gasteiger partial charge in [-0.05, 0) is 115 Å². The van der Waals surface area contributed by atoms with Gasteiger partial charge in [-0.1, -0.05) is 49.8 Å². The Kier molecular flexibility index (Phi) is 6.40. The van der Waals surface area contributed by atoms with E-state index in [0.29, 0.717) is 12.2 Å². The number of methoxy groups -OCH3 is 1. The molecule has 6 rings (SSSR count). The molecule has 0 heterocycles. The number of carbonyl (C=O) groups excluding carboxylic acids is 1. The van der Waals surface area contributed by atoms with E-state index in [1.165, 1.54) is 23.8 Å². The molecule has 0 N–H and O–H groups in total. The number of halogens is 1. The van der Waals surface area contributed by atoms with E-state index in [1.54, 1.807) is 6.07 Å². The van der Waals surface area contributed by atoms with Gasteiger partial charge in [0, 0.05) is 11.0 Å². The van der Waals surface area contributed by atoms with Gasteiger partial charge in [0.1, 0.15) is 18.2 Å². The minimum Gasteiger partial charge on any atom is -0.489 e. The average Bonchev–Trinajstić information content (AvgIpc) is 3.48. The second kappa shape index (κ2) is 9.66. The first-order valence-corrected chi connectivity index (χ1v) is 14.2. The van der Waals surface area contributed by atoms with Crippen LogP contribution in [0.3, 0.4) is 0 Å². The zero-order valence-electron chi connectivity index (χ0n) is 23.4. The molecule has 3 nitrogen and oxygen atoms in total. The van der Waals surface area contributed by atoms with Gasteiger partial charge >= 0.3 is 5.97 Å². The number of benzene rings is 3. The molecule has 3 aromatic carbocycles. The van der Waals surface area contributed by atoms with Gasteiger partial charge in [0.05, 0.1) is 13.0 Å². The monoisotopic (exact) mass is 524 g/mol. The summed E-state index contributed by atoms with van der Waals surface area (Å²) in [7, 11) is 1.49. The summed E-state index contributed by atoms with van der Waals surface area (Å²) in [5.41, 5.74) is 8.53. The summed E-state index contributed by atoms with van der Waals surface area (Å²) in [5, 5.41) is 0. The molecule has 0 aliphatic heterocycles.